The molecule has 3 heteroatoms. The van der Waals surface area contributed by atoms with Crippen LogP contribution in [0.2, 0.25) is 0 Å². The summed E-state index contributed by atoms with van der Waals surface area (Å²) in [5.74, 6) is 2.00. The van der Waals surface area contributed by atoms with Gasteiger partial charge in [-0.1, -0.05) is 24.3 Å². The first kappa shape index (κ1) is 14.5. The molecule has 3 nitrogen and oxygen atoms in total. The molecule has 0 saturated carbocycles. The second-order valence-electron chi connectivity index (χ2n) is 5.35. The summed E-state index contributed by atoms with van der Waals surface area (Å²) in [5.41, 5.74) is 6.42. The van der Waals surface area contributed by atoms with Crippen molar-refractivity contribution in [1.82, 2.24) is 0 Å². The van der Waals surface area contributed by atoms with Crippen LogP contribution in [0.15, 0.2) is 36.4 Å². The van der Waals surface area contributed by atoms with E-state index in [-0.39, 0.29) is 0 Å². The van der Waals surface area contributed by atoms with Gasteiger partial charge in [0.25, 0.3) is 0 Å². The highest BCUT2D eigenvalue weighted by molar-refractivity contribution is 5.96. The maximum absolute atomic E-state index is 5.46. The molecule has 0 N–H and O–H groups in total. The van der Waals surface area contributed by atoms with E-state index in [0.29, 0.717) is 17.2 Å². The third-order valence-corrected chi connectivity index (χ3v) is 4.25. The lowest BCUT2D eigenvalue weighted by atomic mass is 10.00. The standard InChI is InChI=1S/C19H20O3/c1-12-15-8-6-5-7-13(15)9-16(12)14-10-17(20-2)19(22-4)18(11-14)21-3/h5-8,10-11H,9H2,1-4H3. The first-order valence-electron chi connectivity index (χ1n) is 7.28. The van der Waals surface area contributed by atoms with Crippen LogP contribution in [-0.4, -0.2) is 21.3 Å². The maximum atomic E-state index is 5.46. The number of fused-ring (bicyclic) bond motifs is 1. The van der Waals surface area contributed by atoms with Crippen molar-refractivity contribution in [2.24, 2.45) is 0 Å². The van der Waals surface area contributed by atoms with Gasteiger partial charge in [-0.25, -0.2) is 0 Å². The van der Waals surface area contributed by atoms with Crippen LogP contribution in [0.25, 0.3) is 11.1 Å². The van der Waals surface area contributed by atoms with Crippen molar-refractivity contribution >= 4 is 11.1 Å². The Morgan fingerprint density at radius 1 is 0.864 bits per heavy atom. The molecule has 0 unspecified atom stereocenters. The molecule has 0 bridgehead atoms. The van der Waals surface area contributed by atoms with E-state index in [2.05, 4.69) is 31.2 Å². The number of hydrogen-bond acceptors (Lipinski definition) is 3. The molecular formula is C19H20O3. The van der Waals surface area contributed by atoms with Crippen molar-refractivity contribution in [3.05, 3.63) is 53.1 Å². The topological polar surface area (TPSA) is 27.7 Å². The van der Waals surface area contributed by atoms with Gasteiger partial charge in [0.05, 0.1) is 21.3 Å². The fourth-order valence-electron chi connectivity index (χ4n) is 3.10. The van der Waals surface area contributed by atoms with E-state index >= 15 is 0 Å². The minimum atomic E-state index is 0.627. The van der Waals surface area contributed by atoms with Crippen molar-refractivity contribution in [1.29, 1.82) is 0 Å². The van der Waals surface area contributed by atoms with Crippen LogP contribution in [-0.2, 0) is 6.42 Å². The lowest BCUT2D eigenvalue weighted by molar-refractivity contribution is 0.324. The summed E-state index contributed by atoms with van der Waals surface area (Å²) in [6.45, 7) is 2.17. The average Bonchev–Trinajstić information content (AvgIpc) is 2.90. The molecule has 3 rings (SSSR count). The first-order valence-corrected chi connectivity index (χ1v) is 7.28. The fourth-order valence-corrected chi connectivity index (χ4v) is 3.10. The van der Waals surface area contributed by atoms with Crippen molar-refractivity contribution in [2.45, 2.75) is 13.3 Å². The Morgan fingerprint density at radius 2 is 1.50 bits per heavy atom. The normalized spacial score (nSPS) is 13.1. The third kappa shape index (κ3) is 2.23. The van der Waals surface area contributed by atoms with E-state index in [1.807, 2.05) is 12.1 Å². The number of benzene rings is 2. The van der Waals surface area contributed by atoms with Crippen LogP contribution in [0.3, 0.4) is 0 Å². The van der Waals surface area contributed by atoms with Crippen molar-refractivity contribution in [3.63, 3.8) is 0 Å². The van der Waals surface area contributed by atoms with E-state index in [0.717, 1.165) is 12.0 Å². The molecule has 1 aliphatic carbocycles. The molecular weight excluding hydrogens is 276 g/mol. The quantitative estimate of drug-likeness (QED) is 0.846. The van der Waals surface area contributed by atoms with Gasteiger partial charge in [-0.15, -0.1) is 0 Å². The number of hydrogen-bond donors (Lipinski definition) is 0. The number of rotatable bonds is 4. The lowest BCUT2D eigenvalue weighted by Crippen LogP contribution is -1.97. The summed E-state index contributed by atoms with van der Waals surface area (Å²) >= 11 is 0. The minimum absolute atomic E-state index is 0.627. The van der Waals surface area contributed by atoms with Gasteiger partial charge < -0.3 is 14.2 Å². The van der Waals surface area contributed by atoms with Crippen molar-refractivity contribution in [2.75, 3.05) is 21.3 Å². The molecule has 0 spiro atoms. The van der Waals surface area contributed by atoms with Gasteiger partial charge in [0.1, 0.15) is 0 Å². The molecule has 0 aliphatic heterocycles. The molecule has 0 fully saturated rings. The predicted octanol–water partition coefficient (Wildman–Crippen LogP) is 4.20. The second kappa shape index (κ2) is 5.76. The highest BCUT2D eigenvalue weighted by atomic mass is 16.5. The molecule has 1 aliphatic rings. The average molecular weight is 296 g/mol. The van der Waals surface area contributed by atoms with Gasteiger partial charge in [0, 0.05) is 0 Å². The molecule has 22 heavy (non-hydrogen) atoms. The molecule has 114 valence electrons. The zero-order chi connectivity index (χ0) is 15.7. The number of allylic oxidation sites excluding steroid dienone is 2. The smallest absolute Gasteiger partial charge is 0.203 e. The summed E-state index contributed by atoms with van der Waals surface area (Å²) in [7, 11) is 4.91. The van der Waals surface area contributed by atoms with Gasteiger partial charge in [0.2, 0.25) is 5.75 Å². The van der Waals surface area contributed by atoms with E-state index in [9.17, 15) is 0 Å². The molecule has 0 saturated heterocycles. The van der Waals surface area contributed by atoms with Crippen LogP contribution in [0.4, 0.5) is 0 Å². The first-order chi connectivity index (χ1) is 10.7. The zero-order valence-electron chi connectivity index (χ0n) is 13.4. The number of methoxy groups -OCH3 is 3. The maximum Gasteiger partial charge on any atom is 0.203 e. The predicted molar refractivity (Wildman–Crippen MR) is 88.7 cm³/mol. The minimum Gasteiger partial charge on any atom is -0.493 e. The van der Waals surface area contributed by atoms with Gasteiger partial charge in [-0.3, -0.25) is 0 Å². The lowest BCUT2D eigenvalue weighted by Gasteiger charge is -2.15. The SMILES string of the molecule is COc1cc(C2=C(C)c3ccccc3C2)cc(OC)c1OC. The Morgan fingerprint density at radius 3 is 2.05 bits per heavy atom. The van der Waals surface area contributed by atoms with Crippen LogP contribution in [0, 0.1) is 0 Å². The number of ether oxygens (including phenoxy) is 3. The molecule has 0 atom stereocenters. The Hall–Kier alpha value is -2.42. The second-order valence-corrected chi connectivity index (χ2v) is 5.35. The molecule has 0 radical (unpaired) electrons. The van der Waals surface area contributed by atoms with Gasteiger partial charge >= 0.3 is 0 Å². The van der Waals surface area contributed by atoms with E-state index in [4.69, 9.17) is 14.2 Å². The zero-order valence-corrected chi connectivity index (χ0v) is 13.4. The summed E-state index contributed by atoms with van der Waals surface area (Å²) in [4.78, 5) is 0. The summed E-state index contributed by atoms with van der Waals surface area (Å²) in [6.07, 6.45) is 0.931. The Labute approximate surface area is 131 Å². The largest absolute Gasteiger partial charge is 0.493 e. The Balaban J connectivity index is 2.13. The highest BCUT2D eigenvalue weighted by Crippen LogP contribution is 2.44. The molecule has 0 heterocycles. The van der Waals surface area contributed by atoms with Gasteiger partial charge in [0.15, 0.2) is 11.5 Å². The summed E-state index contributed by atoms with van der Waals surface area (Å²) < 4.78 is 16.3. The van der Waals surface area contributed by atoms with E-state index in [1.165, 1.54) is 22.3 Å². The Kier molecular flexibility index (Phi) is 3.80. The van der Waals surface area contributed by atoms with E-state index in [1.54, 1.807) is 21.3 Å². The van der Waals surface area contributed by atoms with Gasteiger partial charge in [-0.2, -0.15) is 0 Å². The Bertz CT molecular complexity index is 719. The molecule has 0 aromatic heterocycles. The van der Waals surface area contributed by atoms with Crippen molar-refractivity contribution in [3.8, 4) is 17.2 Å². The highest BCUT2D eigenvalue weighted by Gasteiger charge is 2.22. The molecule has 2 aromatic rings. The van der Waals surface area contributed by atoms with Crippen LogP contribution < -0.4 is 14.2 Å². The fraction of sp³-hybridized carbons (Fsp3) is 0.263. The van der Waals surface area contributed by atoms with Crippen molar-refractivity contribution < 1.29 is 14.2 Å². The van der Waals surface area contributed by atoms with Crippen LogP contribution >= 0.6 is 0 Å². The molecule has 0 amide bonds. The third-order valence-electron chi connectivity index (χ3n) is 4.25. The van der Waals surface area contributed by atoms with E-state index < -0.39 is 0 Å². The summed E-state index contributed by atoms with van der Waals surface area (Å²) in [5, 5.41) is 0. The van der Waals surface area contributed by atoms with Crippen LogP contribution in [0.5, 0.6) is 17.2 Å². The van der Waals surface area contributed by atoms with Gasteiger partial charge in [-0.05, 0) is 53.3 Å². The monoisotopic (exact) mass is 296 g/mol. The summed E-state index contributed by atoms with van der Waals surface area (Å²) in [6, 6.07) is 12.6. The van der Waals surface area contributed by atoms with Crippen LogP contribution in [0.1, 0.15) is 23.6 Å². The molecule has 2 aromatic carbocycles.